The number of hydrogen-bond acceptors (Lipinski definition) is 3. The highest BCUT2D eigenvalue weighted by atomic mass is 16.5. The molecule has 1 aromatic rings. The summed E-state index contributed by atoms with van der Waals surface area (Å²) in [6.45, 7) is 1.84. The highest BCUT2D eigenvalue weighted by molar-refractivity contribution is 5.84. The summed E-state index contributed by atoms with van der Waals surface area (Å²) in [4.78, 5) is 26.3. The lowest BCUT2D eigenvalue weighted by molar-refractivity contribution is -0.155. The van der Waals surface area contributed by atoms with Crippen LogP contribution in [0.3, 0.4) is 0 Å². The maximum absolute atomic E-state index is 12.5. The maximum Gasteiger partial charge on any atom is 0.329 e. The Bertz CT molecular complexity index is 543. The van der Waals surface area contributed by atoms with Gasteiger partial charge in [-0.3, -0.25) is 4.79 Å². The third-order valence-electron chi connectivity index (χ3n) is 4.95. The molecule has 1 saturated carbocycles. The van der Waals surface area contributed by atoms with Crippen LogP contribution in [0.4, 0.5) is 0 Å². The lowest BCUT2D eigenvalue weighted by atomic mass is 9.85. The van der Waals surface area contributed by atoms with Crippen LogP contribution in [0.2, 0.25) is 0 Å². The van der Waals surface area contributed by atoms with Crippen molar-refractivity contribution in [1.82, 2.24) is 4.90 Å². The number of fused-ring (bicyclic) bond motifs is 1. The van der Waals surface area contributed by atoms with Crippen LogP contribution in [0.15, 0.2) is 30.3 Å². The van der Waals surface area contributed by atoms with Crippen molar-refractivity contribution in [2.45, 2.75) is 57.7 Å². The van der Waals surface area contributed by atoms with Crippen LogP contribution in [-0.2, 0) is 20.9 Å². The second-order valence-electron chi connectivity index (χ2n) is 6.38. The van der Waals surface area contributed by atoms with Crippen LogP contribution in [0.25, 0.3) is 0 Å². The van der Waals surface area contributed by atoms with Crippen molar-refractivity contribution in [2.24, 2.45) is 5.92 Å². The van der Waals surface area contributed by atoms with Gasteiger partial charge in [0.1, 0.15) is 12.6 Å². The Morgan fingerprint density at radius 2 is 1.91 bits per heavy atom. The third-order valence-corrected chi connectivity index (χ3v) is 4.95. The average molecular weight is 301 g/mol. The molecule has 2 aliphatic rings. The van der Waals surface area contributed by atoms with Crippen LogP contribution in [0.1, 0.15) is 44.6 Å². The van der Waals surface area contributed by atoms with Crippen molar-refractivity contribution in [3.8, 4) is 0 Å². The third kappa shape index (κ3) is 3.01. The average Bonchev–Trinajstić information content (AvgIpc) is 2.93. The summed E-state index contributed by atoms with van der Waals surface area (Å²) in [5.41, 5.74) is 0.973. The van der Waals surface area contributed by atoms with E-state index in [1.807, 2.05) is 30.3 Å². The van der Waals surface area contributed by atoms with Gasteiger partial charge in [-0.1, -0.05) is 43.2 Å². The lowest BCUT2D eigenvalue weighted by Crippen LogP contribution is -2.45. The van der Waals surface area contributed by atoms with E-state index in [1.165, 1.54) is 6.42 Å². The van der Waals surface area contributed by atoms with E-state index in [2.05, 4.69) is 0 Å². The Kier molecular flexibility index (Phi) is 4.46. The van der Waals surface area contributed by atoms with E-state index in [0.717, 1.165) is 31.2 Å². The summed E-state index contributed by atoms with van der Waals surface area (Å²) in [5.74, 6) is 0.205. The Morgan fingerprint density at radius 3 is 2.64 bits per heavy atom. The fraction of sp³-hybridized carbons (Fsp3) is 0.556. The van der Waals surface area contributed by atoms with Gasteiger partial charge in [-0.2, -0.15) is 0 Å². The SMILES string of the molecule is CC(=O)N1C2CCCC[C@H]2C[C@H]1C(=O)OCc1ccccc1. The van der Waals surface area contributed by atoms with E-state index in [1.54, 1.807) is 11.8 Å². The molecule has 3 atom stereocenters. The number of amides is 1. The van der Waals surface area contributed by atoms with Gasteiger partial charge in [-0.15, -0.1) is 0 Å². The standard InChI is InChI=1S/C18H23NO3/c1-13(20)19-16-10-6-5-9-15(16)11-17(19)18(21)22-12-14-7-3-2-4-8-14/h2-4,7-8,15-17H,5-6,9-12H2,1H3/t15-,16?,17-/m0/s1. The number of likely N-dealkylation sites (tertiary alicyclic amines) is 1. The Hall–Kier alpha value is -1.84. The molecule has 1 aromatic carbocycles. The first-order valence-corrected chi connectivity index (χ1v) is 8.16. The molecule has 118 valence electrons. The zero-order valence-corrected chi connectivity index (χ0v) is 13.0. The van der Waals surface area contributed by atoms with Crippen LogP contribution >= 0.6 is 0 Å². The van der Waals surface area contributed by atoms with Crippen molar-refractivity contribution < 1.29 is 14.3 Å². The molecule has 1 amide bonds. The minimum Gasteiger partial charge on any atom is -0.459 e. The quantitative estimate of drug-likeness (QED) is 0.806. The number of carbonyl (C=O) groups excluding carboxylic acids is 2. The van der Waals surface area contributed by atoms with Crippen molar-refractivity contribution in [2.75, 3.05) is 0 Å². The van der Waals surface area contributed by atoms with Gasteiger partial charge in [0.2, 0.25) is 5.91 Å². The zero-order chi connectivity index (χ0) is 15.5. The van der Waals surface area contributed by atoms with Gasteiger partial charge in [-0.05, 0) is 30.7 Å². The topological polar surface area (TPSA) is 46.6 Å². The molecule has 0 N–H and O–H groups in total. The lowest BCUT2D eigenvalue weighted by Gasteiger charge is -2.32. The van der Waals surface area contributed by atoms with E-state index in [0.29, 0.717) is 5.92 Å². The van der Waals surface area contributed by atoms with Gasteiger partial charge in [0.05, 0.1) is 0 Å². The first-order valence-electron chi connectivity index (χ1n) is 8.16. The molecule has 2 fully saturated rings. The van der Waals surface area contributed by atoms with E-state index in [9.17, 15) is 9.59 Å². The minimum atomic E-state index is -0.394. The molecule has 1 aliphatic heterocycles. The van der Waals surface area contributed by atoms with Crippen LogP contribution in [0.5, 0.6) is 0 Å². The highest BCUT2D eigenvalue weighted by Gasteiger charge is 2.46. The van der Waals surface area contributed by atoms with E-state index >= 15 is 0 Å². The first-order chi connectivity index (χ1) is 10.7. The van der Waals surface area contributed by atoms with E-state index < -0.39 is 6.04 Å². The molecule has 0 aromatic heterocycles. The number of rotatable bonds is 3. The molecule has 1 unspecified atom stereocenters. The molecule has 1 heterocycles. The fourth-order valence-electron chi connectivity index (χ4n) is 3.95. The predicted octanol–water partition coefficient (Wildman–Crippen LogP) is 2.91. The molecule has 1 aliphatic carbocycles. The molecule has 1 saturated heterocycles. The maximum atomic E-state index is 12.5. The largest absolute Gasteiger partial charge is 0.459 e. The summed E-state index contributed by atoms with van der Waals surface area (Å²) in [5, 5.41) is 0. The van der Waals surface area contributed by atoms with E-state index in [4.69, 9.17) is 4.74 Å². The zero-order valence-electron chi connectivity index (χ0n) is 13.0. The summed E-state index contributed by atoms with van der Waals surface area (Å²) >= 11 is 0. The second-order valence-corrected chi connectivity index (χ2v) is 6.38. The number of nitrogens with zero attached hydrogens (tertiary/aromatic N) is 1. The minimum absolute atomic E-state index is 0.00365. The Labute approximate surface area is 131 Å². The number of esters is 1. The molecular weight excluding hydrogens is 278 g/mol. The molecule has 4 nitrogen and oxygen atoms in total. The molecule has 0 spiro atoms. The van der Waals surface area contributed by atoms with Gasteiger partial charge in [0, 0.05) is 13.0 Å². The monoisotopic (exact) mass is 301 g/mol. The predicted molar refractivity (Wildman–Crippen MR) is 82.9 cm³/mol. The summed E-state index contributed by atoms with van der Waals surface area (Å²) < 4.78 is 5.47. The number of benzene rings is 1. The van der Waals surface area contributed by atoms with Crippen LogP contribution in [-0.4, -0.2) is 28.9 Å². The fourth-order valence-corrected chi connectivity index (χ4v) is 3.95. The van der Waals surface area contributed by atoms with Crippen LogP contribution in [0, 0.1) is 5.92 Å². The van der Waals surface area contributed by atoms with Gasteiger partial charge >= 0.3 is 5.97 Å². The van der Waals surface area contributed by atoms with Gasteiger partial charge in [0.25, 0.3) is 0 Å². The molecule has 0 radical (unpaired) electrons. The summed E-state index contributed by atoms with van der Waals surface area (Å²) in [7, 11) is 0. The van der Waals surface area contributed by atoms with Crippen molar-refractivity contribution >= 4 is 11.9 Å². The first kappa shape index (κ1) is 15.1. The molecule has 0 bridgehead atoms. The molecule has 4 heteroatoms. The summed E-state index contributed by atoms with van der Waals surface area (Å²) in [6, 6.07) is 9.50. The van der Waals surface area contributed by atoms with Crippen molar-refractivity contribution in [1.29, 1.82) is 0 Å². The second kappa shape index (κ2) is 6.51. The highest BCUT2D eigenvalue weighted by Crippen LogP contribution is 2.40. The Morgan fingerprint density at radius 1 is 1.18 bits per heavy atom. The van der Waals surface area contributed by atoms with Crippen molar-refractivity contribution in [3.63, 3.8) is 0 Å². The summed E-state index contributed by atoms with van der Waals surface area (Å²) in [6.07, 6.45) is 5.26. The molecule has 22 heavy (non-hydrogen) atoms. The normalized spacial score (nSPS) is 27.3. The van der Waals surface area contributed by atoms with Gasteiger partial charge < -0.3 is 9.64 Å². The van der Waals surface area contributed by atoms with Gasteiger partial charge in [-0.25, -0.2) is 4.79 Å². The Balaban J connectivity index is 1.66. The van der Waals surface area contributed by atoms with Crippen molar-refractivity contribution in [3.05, 3.63) is 35.9 Å². The van der Waals surface area contributed by atoms with Gasteiger partial charge in [0.15, 0.2) is 0 Å². The number of ether oxygens (including phenoxy) is 1. The molecule has 3 rings (SSSR count). The number of carbonyl (C=O) groups is 2. The number of hydrogen-bond donors (Lipinski definition) is 0. The van der Waals surface area contributed by atoms with Crippen LogP contribution < -0.4 is 0 Å². The molecular formula is C18H23NO3. The van der Waals surface area contributed by atoms with E-state index in [-0.39, 0.29) is 24.5 Å². The smallest absolute Gasteiger partial charge is 0.329 e.